The fourth-order valence-electron chi connectivity index (χ4n) is 3.35. The average Bonchev–Trinajstić information content (AvgIpc) is 2.45. The number of hydrogen-bond acceptors (Lipinski definition) is 3. The van der Waals surface area contributed by atoms with E-state index in [0.29, 0.717) is 13.0 Å². The Kier molecular flexibility index (Phi) is 3.45. The van der Waals surface area contributed by atoms with Crippen molar-refractivity contribution in [2.45, 2.75) is 25.7 Å². The first kappa shape index (κ1) is 14.1. The van der Waals surface area contributed by atoms with Crippen molar-refractivity contribution in [3.63, 3.8) is 0 Å². The molecule has 1 heterocycles. The molecule has 1 saturated carbocycles. The molecule has 0 bridgehead atoms. The first-order valence-electron chi connectivity index (χ1n) is 7.40. The van der Waals surface area contributed by atoms with Crippen LogP contribution in [0.2, 0.25) is 0 Å². The molecule has 0 radical (unpaired) electrons. The van der Waals surface area contributed by atoms with E-state index in [4.69, 9.17) is 5.73 Å². The molecule has 0 aromatic heterocycles. The molecule has 2 aliphatic rings. The van der Waals surface area contributed by atoms with E-state index in [1.165, 1.54) is 0 Å². The number of carbonyl (C=O) groups excluding carboxylic acids is 1. The van der Waals surface area contributed by atoms with Crippen LogP contribution in [0.15, 0.2) is 24.3 Å². The maximum absolute atomic E-state index is 12.9. The summed E-state index contributed by atoms with van der Waals surface area (Å²) in [5.74, 6) is -1.40. The third-order valence-electron chi connectivity index (χ3n) is 4.90. The van der Waals surface area contributed by atoms with Crippen LogP contribution in [0.4, 0.5) is 5.69 Å². The minimum absolute atomic E-state index is 0.00495. The molecule has 1 aromatic carbocycles. The second-order valence-electron chi connectivity index (χ2n) is 6.12. The Labute approximate surface area is 123 Å². The molecule has 1 fully saturated rings. The van der Waals surface area contributed by atoms with Crippen molar-refractivity contribution in [2.75, 3.05) is 18.0 Å². The van der Waals surface area contributed by atoms with Crippen molar-refractivity contribution in [3.05, 3.63) is 29.8 Å². The van der Waals surface area contributed by atoms with E-state index < -0.39 is 17.3 Å². The van der Waals surface area contributed by atoms with Gasteiger partial charge in [0.25, 0.3) is 0 Å². The Hall–Kier alpha value is -1.88. The van der Waals surface area contributed by atoms with Crippen molar-refractivity contribution < 1.29 is 14.7 Å². The minimum atomic E-state index is -0.849. The van der Waals surface area contributed by atoms with Gasteiger partial charge in [-0.05, 0) is 30.9 Å². The molecule has 112 valence electrons. The number of anilines is 1. The van der Waals surface area contributed by atoms with Gasteiger partial charge in [-0.25, -0.2) is 0 Å². The van der Waals surface area contributed by atoms with E-state index in [-0.39, 0.29) is 12.5 Å². The molecule has 1 aliphatic heterocycles. The number of benzene rings is 1. The average molecular weight is 288 g/mol. The molecule has 1 amide bonds. The predicted octanol–water partition coefficient (Wildman–Crippen LogP) is 1.41. The number of carbonyl (C=O) groups is 2. The van der Waals surface area contributed by atoms with Crippen LogP contribution < -0.4 is 10.6 Å². The highest BCUT2D eigenvalue weighted by atomic mass is 16.4. The van der Waals surface area contributed by atoms with Gasteiger partial charge >= 0.3 is 5.97 Å². The van der Waals surface area contributed by atoms with E-state index in [2.05, 4.69) is 0 Å². The number of para-hydroxylation sites is 1. The van der Waals surface area contributed by atoms with Crippen LogP contribution >= 0.6 is 0 Å². The fourth-order valence-corrected chi connectivity index (χ4v) is 3.35. The number of nitrogens with two attached hydrogens (primary N) is 1. The zero-order chi connectivity index (χ0) is 15.0. The lowest BCUT2D eigenvalue weighted by molar-refractivity contribution is -0.141. The zero-order valence-corrected chi connectivity index (χ0v) is 11.9. The lowest BCUT2D eigenvalue weighted by Crippen LogP contribution is -2.55. The Bertz CT molecular complexity index is 575. The molecule has 5 heteroatoms. The standard InChI is InChI=1S/C16H20N2O3/c17-10-16(6-3-7-16)15(21)18-9-12(14(19)20)8-11-4-1-2-5-13(11)18/h1-2,4-5,12H,3,6-10,17H2,(H,19,20). The summed E-state index contributed by atoms with van der Waals surface area (Å²) in [7, 11) is 0. The SMILES string of the molecule is NCC1(C(=O)N2CC(C(=O)O)Cc3ccccc32)CCC1. The zero-order valence-electron chi connectivity index (χ0n) is 11.9. The van der Waals surface area contributed by atoms with Crippen LogP contribution in [0.5, 0.6) is 0 Å². The fraction of sp³-hybridized carbons (Fsp3) is 0.500. The normalized spacial score (nSPS) is 23.1. The van der Waals surface area contributed by atoms with E-state index in [9.17, 15) is 14.7 Å². The molecule has 3 rings (SSSR count). The first-order valence-corrected chi connectivity index (χ1v) is 7.40. The largest absolute Gasteiger partial charge is 0.481 e. The maximum Gasteiger partial charge on any atom is 0.308 e. The summed E-state index contributed by atoms with van der Waals surface area (Å²) in [6, 6.07) is 7.57. The number of hydrogen-bond donors (Lipinski definition) is 2. The van der Waals surface area contributed by atoms with Crippen LogP contribution in [0.1, 0.15) is 24.8 Å². The summed E-state index contributed by atoms with van der Waals surface area (Å²) in [6.45, 7) is 0.579. The van der Waals surface area contributed by atoms with Gasteiger partial charge in [-0.15, -0.1) is 0 Å². The van der Waals surface area contributed by atoms with Gasteiger partial charge in [-0.3, -0.25) is 9.59 Å². The van der Waals surface area contributed by atoms with Crippen molar-refractivity contribution in [3.8, 4) is 0 Å². The highest BCUT2D eigenvalue weighted by Gasteiger charge is 2.47. The van der Waals surface area contributed by atoms with Gasteiger partial charge < -0.3 is 15.7 Å². The van der Waals surface area contributed by atoms with Crippen molar-refractivity contribution >= 4 is 17.6 Å². The van der Waals surface area contributed by atoms with Gasteiger partial charge in [0.15, 0.2) is 0 Å². The summed E-state index contributed by atoms with van der Waals surface area (Å²) in [5.41, 5.74) is 7.12. The second-order valence-corrected chi connectivity index (χ2v) is 6.12. The molecular formula is C16H20N2O3. The summed E-state index contributed by atoms with van der Waals surface area (Å²) in [4.78, 5) is 25.9. The van der Waals surface area contributed by atoms with Crippen LogP contribution in [0, 0.1) is 11.3 Å². The molecular weight excluding hydrogens is 268 g/mol. The van der Waals surface area contributed by atoms with Gasteiger partial charge in [0.05, 0.1) is 11.3 Å². The van der Waals surface area contributed by atoms with Gasteiger partial charge in [0.2, 0.25) is 5.91 Å². The quantitative estimate of drug-likeness (QED) is 0.880. The Morgan fingerprint density at radius 2 is 2.05 bits per heavy atom. The van der Waals surface area contributed by atoms with Gasteiger partial charge in [-0.2, -0.15) is 0 Å². The molecule has 0 saturated heterocycles. The maximum atomic E-state index is 12.9. The van der Waals surface area contributed by atoms with Gasteiger partial charge in [-0.1, -0.05) is 24.6 Å². The van der Waals surface area contributed by atoms with Crippen LogP contribution in [0.25, 0.3) is 0 Å². The van der Waals surface area contributed by atoms with Crippen molar-refractivity contribution in [2.24, 2.45) is 17.1 Å². The molecule has 1 unspecified atom stereocenters. The number of aliphatic carboxylic acids is 1. The molecule has 1 aliphatic carbocycles. The molecule has 21 heavy (non-hydrogen) atoms. The summed E-state index contributed by atoms with van der Waals surface area (Å²) in [5, 5.41) is 9.33. The van der Waals surface area contributed by atoms with Crippen molar-refractivity contribution in [1.29, 1.82) is 0 Å². The summed E-state index contributed by atoms with van der Waals surface area (Å²) >= 11 is 0. The van der Waals surface area contributed by atoms with E-state index in [1.807, 2.05) is 24.3 Å². The topological polar surface area (TPSA) is 83.6 Å². The Morgan fingerprint density at radius 3 is 2.62 bits per heavy atom. The lowest BCUT2D eigenvalue weighted by atomic mass is 9.67. The molecule has 1 aromatic rings. The second kappa shape index (κ2) is 5.15. The number of rotatable bonds is 3. The monoisotopic (exact) mass is 288 g/mol. The highest BCUT2D eigenvalue weighted by molar-refractivity contribution is 6.00. The number of amides is 1. The third kappa shape index (κ3) is 2.21. The van der Waals surface area contributed by atoms with Crippen molar-refractivity contribution in [1.82, 2.24) is 0 Å². The highest BCUT2D eigenvalue weighted by Crippen LogP contribution is 2.43. The number of fused-ring (bicyclic) bond motifs is 1. The van der Waals surface area contributed by atoms with E-state index >= 15 is 0 Å². The number of carboxylic acid groups (broad SMARTS) is 1. The smallest absolute Gasteiger partial charge is 0.308 e. The molecule has 3 N–H and O–H groups in total. The summed E-state index contributed by atoms with van der Waals surface area (Å²) in [6.07, 6.45) is 3.10. The number of carboxylic acids is 1. The number of nitrogens with zero attached hydrogens (tertiary/aromatic N) is 1. The third-order valence-corrected chi connectivity index (χ3v) is 4.90. The molecule has 0 spiro atoms. The van der Waals surface area contributed by atoms with Crippen LogP contribution in [-0.4, -0.2) is 30.1 Å². The Morgan fingerprint density at radius 1 is 1.33 bits per heavy atom. The van der Waals surface area contributed by atoms with Gasteiger partial charge in [0.1, 0.15) is 0 Å². The van der Waals surface area contributed by atoms with Crippen LogP contribution in [-0.2, 0) is 16.0 Å². The van der Waals surface area contributed by atoms with Gasteiger partial charge in [0, 0.05) is 18.8 Å². The predicted molar refractivity (Wildman–Crippen MR) is 79.0 cm³/mol. The molecule has 1 atom stereocenters. The Balaban J connectivity index is 1.96. The minimum Gasteiger partial charge on any atom is -0.481 e. The lowest BCUT2D eigenvalue weighted by Gasteiger charge is -2.44. The van der Waals surface area contributed by atoms with E-state index in [1.54, 1.807) is 4.90 Å². The summed E-state index contributed by atoms with van der Waals surface area (Å²) < 4.78 is 0. The van der Waals surface area contributed by atoms with E-state index in [0.717, 1.165) is 30.5 Å². The first-order chi connectivity index (χ1) is 10.1. The molecule has 5 nitrogen and oxygen atoms in total. The van der Waals surface area contributed by atoms with Crippen LogP contribution in [0.3, 0.4) is 0 Å².